The minimum Gasteiger partial charge on any atom is -0.369 e. The van der Waals surface area contributed by atoms with E-state index in [9.17, 15) is 4.79 Å². The summed E-state index contributed by atoms with van der Waals surface area (Å²) >= 11 is 1.56. The third kappa shape index (κ3) is 3.84. The first-order chi connectivity index (χ1) is 8.51. The fraction of sp³-hybridized carbons (Fsp3) is 0.462. The summed E-state index contributed by atoms with van der Waals surface area (Å²) in [5, 5.41) is 4.79. The molecule has 1 aromatic rings. The first kappa shape index (κ1) is 14.7. The van der Waals surface area contributed by atoms with E-state index in [0.717, 1.165) is 10.4 Å². The van der Waals surface area contributed by atoms with Crippen molar-refractivity contribution in [3.63, 3.8) is 0 Å². The van der Waals surface area contributed by atoms with Crippen LogP contribution in [-0.2, 0) is 16.1 Å². The average molecular weight is 266 g/mol. The van der Waals surface area contributed by atoms with Crippen LogP contribution in [-0.4, -0.2) is 25.2 Å². The molecule has 0 aliphatic heterocycles. The number of ether oxygens (including phenoxy) is 1. The van der Waals surface area contributed by atoms with Gasteiger partial charge in [0.05, 0.1) is 13.1 Å². The molecule has 0 aliphatic rings. The smallest absolute Gasteiger partial charge is 0.251 e. The Hall–Kier alpha value is -1.35. The van der Waals surface area contributed by atoms with Gasteiger partial charge in [0.25, 0.3) is 5.91 Å². The van der Waals surface area contributed by atoms with Gasteiger partial charge in [-0.2, -0.15) is 0 Å². The van der Waals surface area contributed by atoms with Gasteiger partial charge in [-0.25, -0.2) is 0 Å². The Morgan fingerprint density at radius 1 is 1.61 bits per heavy atom. The molecule has 0 radical (unpaired) electrons. The zero-order valence-corrected chi connectivity index (χ0v) is 11.7. The molecule has 4 nitrogen and oxygen atoms in total. The molecule has 1 aromatic heterocycles. The van der Waals surface area contributed by atoms with Crippen molar-refractivity contribution in [2.75, 3.05) is 13.7 Å². The van der Waals surface area contributed by atoms with Crippen molar-refractivity contribution in [1.29, 1.82) is 0 Å². The highest BCUT2D eigenvalue weighted by atomic mass is 32.1. The topological polar surface area (TPSA) is 64.3 Å². The highest BCUT2D eigenvalue weighted by Crippen LogP contribution is 2.16. The number of hydrogen-bond donors (Lipinski definition) is 2. The van der Waals surface area contributed by atoms with Crippen LogP contribution in [0.3, 0.4) is 0 Å². The number of thiophene rings is 1. The van der Waals surface area contributed by atoms with Crippen LogP contribution in [0.15, 0.2) is 11.4 Å². The second kappa shape index (κ2) is 6.55. The lowest BCUT2D eigenvalue weighted by Gasteiger charge is -2.21. The Kier molecular flexibility index (Phi) is 5.35. The van der Waals surface area contributed by atoms with E-state index in [1.54, 1.807) is 25.2 Å². The summed E-state index contributed by atoms with van der Waals surface area (Å²) in [7, 11) is 1.52. The van der Waals surface area contributed by atoms with Crippen LogP contribution in [0.1, 0.15) is 24.3 Å². The maximum Gasteiger partial charge on any atom is 0.251 e. The van der Waals surface area contributed by atoms with Gasteiger partial charge in [-0.05, 0) is 25.3 Å². The molecule has 0 unspecified atom stereocenters. The van der Waals surface area contributed by atoms with Gasteiger partial charge in [-0.1, -0.05) is 11.8 Å². The third-order valence-corrected chi connectivity index (χ3v) is 3.46. The largest absolute Gasteiger partial charge is 0.369 e. The number of nitrogens with two attached hydrogens (primary N) is 1. The van der Waals surface area contributed by atoms with Gasteiger partial charge in [0.2, 0.25) is 0 Å². The van der Waals surface area contributed by atoms with E-state index in [0.29, 0.717) is 13.1 Å². The van der Waals surface area contributed by atoms with Gasteiger partial charge in [-0.3, -0.25) is 4.79 Å². The first-order valence-corrected chi connectivity index (χ1v) is 6.48. The molecule has 0 fully saturated rings. The number of carbonyl (C=O) groups excluding carboxylic acids is 1. The van der Waals surface area contributed by atoms with Crippen LogP contribution in [0.25, 0.3) is 0 Å². The van der Waals surface area contributed by atoms with Gasteiger partial charge in [0.1, 0.15) is 5.60 Å². The lowest BCUT2D eigenvalue weighted by atomic mass is 10.1. The van der Waals surface area contributed by atoms with E-state index in [1.165, 1.54) is 7.11 Å². The number of methoxy groups -OCH3 is 1. The Labute approximate surface area is 112 Å². The second-order valence-corrected chi connectivity index (χ2v) is 5.16. The summed E-state index contributed by atoms with van der Waals surface area (Å²) < 4.78 is 5.11. The van der Waals surface area contributed by atoms with Crippen molar-refractivity contribution in [3.8, 4) is 11.8 Å². The normalized spacial score (nSPS) is 10.7. The lowest BCUT2D eigenvalue weighted by Crippen LogP contribution is -2.43. The van der Waals surface area contributed by atoms with E-state index < -0.39 is 5.60 Å². The summed E-state index contributed by atoms with van der Waals surface area (Å²) in [6.07, 6.45) is 0. The van der Waals surface area contributed by atoms with Crippen LogP contribution in [0.5, 0.6) is 0 Å². The van der Waals surface area contributed by atoms with Gasteiger partial charge in [0, 0.05) is 17.6 Å². The molecule has 1 rings (SSSR count). The predicted molar refractivity (Wildman–Crippen MR) is 73.2 cm³/mol. The van der Waals surface area contributed by atoms with Crippen molar-refractivity contribution in [2.24, 2.45) is 5.73 Å². The zero-order valence-electron chi connectivity index (χ0n) is 10.9. The van der Waals surface area contributed by atoms with Crippen molar-refractivity contribution >= 4 is 17.2 Å². The van der Waals surface area contributed by atoms with Gasteiger partial charge in [-0.15, -0.1) is 11.3 Å². The Bertz CT molecular complexity index is 469. The predicted octanol–water partition coefficient (Wildman–Crippen LogP) is 1.10. The molecule has 0 aliphatic carbocycles. The monoisotopic (exact) mass is 266 g/mol. The summed E-state index contributed by atoms with van der Waals surface area (Å²) in [5.41, 5.74) is 5.43. The van der Waals surface area contributed by atoms with Crippen molar-refractivity contribution in [3.05, 3.63) is 21.9 Å². The van der Waals surface area contributed by atoms with Gasteiger partial charge >= 0.3 is 0 Å². The molecule has 0 atom stereocenters. The second-order valence-electron chi connectivity index (χ2n) is 4.16. The highest BCUT2D eigenvalue weighted by molar-refractivity contribution is 7.10. The summed E-state index contributed by atoms with van der Waals surface area (Å²) in [6, 6.07) is 1.93. The quantitative estimate of drug-likeness (QED) is 0.802. The number of nitrogens with one attached hydrogen (secondary N) is 1. The van der Waals surface area contributed by atoms with Gasteiger partial charge < -0.3 is 15.8 Å². The van der Waals surface area contributed by atoms with Crippen LogP contribution in [0, 0.1) is 11.8 Å². The fourth-order valence-corrected chi connectivity index (χ4v) is 1.97. The molecule has 18 heavy (non-hydrogen) atoms. The van der Waals surface area contributed by atoms with Crippen LogP contribution in [0.2, 0.25) is 0 Å². The fourth-order valence-electron chi connectivity index (χ4n) is 1.20. The minimum atomic E-state index is -0.819. The lowest BCUT2D eigenvalue weighted by molar-refractivity contribution is -0.139. The molecule has 5 heteroatoms. The molecule has 1 heterocycles. The zero-order chi connectivity index (χ0) is 13.6. The Morgan fingerprint density at radius 2 is 2.33 bits per heavy atom. The standard InChI is InChI=1S/C13H18N2O2S/c1-13(2,17-3)12(16)15-9-11-10(5-4-7-14)6-8-18-11/h6,8H,7,9,14H2,1-3H3,(H,15,16). The molecular weight excluding hydrogens is 248 g/mol. The van der Waals surface area contributed by atoms with E-state index >= 15 is 0 Å². The maximum atomic E-state index is 11.8. The Balaban J connectivity index is 2.65. The number of amides is 1. The van der Waals surface area contributed by atoms with Crippen LogP contribution < -0.4 is 11.1 Å². The number of rotatable bonds is 4. The maximum absolute atomic E-state index is 11.8. The molecule has 98 valence electrons. The van der Waals surface area contributed by atoms with Crippen LogP contribution in [0.4, 0.5) is 0 Å². The first-order valence-electron chi connectivity index (χ1n) is 5.60. The number of hydrogen-bond acceptors (Lipinski definition) is 4. The minimum absolute atomic E-state index is 0.142. The summed E-state index contributed by atoms with van der Waals surface area (Å²) in [6.45, 7) is 4.24. The van der Waals surface area contributed by atoms with Crippen LogP contribution >= 0.6 is 11.3 Å². The highest BCUT2D eigenvalue weighted by Gasteiger charge is 2.26. The van der Waals surface area contributed by atoms with E-state index in [2.05, 4.69) is 17.2 Å². The summed E-state index contributed by atoms with van der Waals surface area (Å²) in [4.78, 5) is 12.9. The molecule has 0 saturated heterocycles. The van der Waals surface area contributed by atoms with Crippen molar-refractivity contribution < 1.29 is 9.53 Å². The van der Waals surface area contributed by atoms with E-state index in [-0.39, 0.29) is 5.91 Å². The third-order valence-electron chi connectivity index (χ3n) is 2.54. The van der Waals surface area contributed by atoms with Crippen molar-refractivity contribution in [1.82, 2.24) is 5.32 Å². The summed E-state index contributed by atoms with van der Waals surface area (Å²) in [5.74, 6) is 5.65. The molecule has 0 spiro atoms. The average Bonchev–Trinajstić information content (AvgIpc) is 2.80. The molecule has 3 N–H and O–H groups in total. The van der Waals surface area contributed by atoms with E-state index in [1.807, 2.05) is 11.4 Å². The molecule has 0 bridgehead atoms. The van der Waals surface area contributed by atoms with E-state index in [4.69, 9.17) is 10.5 Å². The molecule has 0 saturated carbocycles. The van der Waals surface area contributed by atoms with Crippen molar-refractivity contribution in [2.45, 2.75) is 26.0 Å². The Morgan fingerprint density at radius 3 is 2.94 bits per heavy atom. The molecule has 1 amide bonds. The number of carbonyl (C=O) groups is 1. The SMILES string of the molecule is COC(C)(C)C(=O)NCc1sccc1C#CCN. The molecule has 0 aromatic carbocycles. The van der Waals surface area contributed by atoms with Gasteiger partial charge in [0.15, 0.2) is 0 Å². The molecular formula is C13H18N2O2S.